The van der Waals surface area contributed by atoms with Crippen molar-refractivity contribution < 1.29 is 23.8 Å². The molecule has 3 aromatic rings. The maximum absolute atomic E-state index is 13.1. The number of hydrogen-bond acceptors (Lipinski definition) is 7. The van der Waals surface area contributed by atoms with Crippen LogP contribution in [0.5, 0.6) is 17.2 Å². The minimum absolute atomic E-state index is 0.152. The van der Waals surface area contributed by atoms with E-state index in [-0.39, 0.29) is 17.7 Å². The van der Waals surface area contributed by atoms with Crippen molar-refractivity contribution in [1.82, 2.24) is 10.3 Å². The zero-order chi connectivity index (χ0) is 24.7. The number of rotatable bonds is 10. The Kier molecular flexibility index (Phi) is 8.48. The molecule has 2 aromatic carbocycles. The van der Waals surface area contributed by atoms with Gasteiger partial charge in [-0.3, -0.25) is 9.59 Å². The van der Waals surface area contributed by atoms with E-state index in [1.165, 1.54) is 11.3 Å². The quantitative estimate of drug-likeness (QED) is 0.437. The van der Waals surface area contributed by atoms with Gasteiger partial charge in [0, 0.05) is 10.9 Å². The first-order chi connectivity index (χ1) is 16.4. The molecule has 0 aliphatic carbocycles. The van der Waals surface area contributed by atoms with Gasteiger partial charge in [-0.1, -0.05) is 26.0 Å². The molecule has 180 valence electrons. The largest absolute Gasteiger partial charge is 0.497 e. The number of amides is 2. The van der Waals surface area contributed by atoms with Gasteiger partial charge in [-0.15, -0.1) is 11.3 Å². The first-order valence-electron chi connectivity index (χ1n) is 10.9. The van der Waals surface area contributed by atoms with E-state index in [0.29, 0.717) is 40.2 Å². The Labute approximate surface area is 203 Å². The van der Waals surface area contributed by atoms with Crippen molar-refractivity contribution in [2.45, 2.75) is 26.8 Å². The van der Waals surface area contributed by atoms with Crippen LogP contribution >= 0.6 is 11.3 Å². The van der Waals surface area contributed by atoms with Crippen molar-refractivity contribution in [3.8, 4) is 28.5 Å². The molecule has 2 amide bonds. The number of methoxy groups -OCH3 is 2. The fourth-order valence-corrected chi connectivity index (χ4v) is 4.06. The fraction of sp³-hybridized carbons (Fsp3) is 0.320. The number of carbonyl (C=O) groups is 2. The van der Waals surface area contributed by atoms with Crippen LogP contribution in [-0.2, 0) is 4.79 Å². The summed E-state index contributed by atoms with van der Waals surface area (Å²) < 4.78 is 16.3. The molecule has 0 bridgehead atoms. The average Bonchev–Trinajstić information content (AvgIpc) is 3.30. The van der Waals surface area contributed by atoms with Gasteiger partial charge >= 0.3 is 0 Å². The molecule has 2 N–H and O–H groups in total. The highest BCUT2D eigenvalue weighted by molar-refractivity contribution is 7.14. The highest BCUT2D eigenvalue weighted by Gasteiger charge is 2.27. The smallest absolute Gasteiger partial charge is 0.255 e. The first-order valence-corrected chi connectivity index (χ1v) is 11.8. The summed E-state index contributed by atoms with van der Waals surface area (Å²) >= 11 is 1.29. The van der Waals surface area contributed by atoms with Crippen LogP contribution in [0.2, 0.25) is 0 Å². The fourth-order valence-electron chi connectivity index (χ4n) is 3.34. The number of para-hydroxylation sites is 1. The van der Waals surface area contributed by atoms with Gasteiger partial charge in [0.15, 0.2) is 5.13 Å². The molecule has 0 aliphatic rings. The van der Waals surface area contributed by atoms with Crippen molar-refractivity contribution >= 4 is 28.3 Å². The van der Waals surface area contributed by atoms with E-state index < -0.39 is 6.04 Å². The lowest BCUT2D eigenvalue weighted by molar-refractivity contribution is -0.118. The molecule has 0 saturated heterocycles. The van der Waals surface area contributed by atoms with Gasteiger partial charge in [0.05, 0.1) is 32.1 Å². The van der Waals surface area contributed by atoms with Gasteiger partial charge in [0.2, 0.25) is 5.91 Å². The number of benzene rings is 2. The predicted octanol–water partition coefficient (Wildman–Crippen LogP) is 4.62. The molecule has 1 aromatic heterocycles. The molecule has 9 heteroatoms. The standard InChI is InChI=1S/C25H29N3O5S/c1-6-33-21-10-8-7-9-17(21)23(29)27-22(15(2)3)24(30)28-25-26-19(14-34-25)18-13-16(31-4)11-12-20(18)32-5/h7-15,22H,6H2,1-5H3,(H,27,29)(H,26,28,30)/t22-/m0/s1. The number of carbonyl (C=O) groups excluding carboxylic acids is 2. The van der Waals surface area contributed by atoms with Crippen LogP contribution in [-0.4, -0.2) is 43.7 Å². The van der Waals surface area contributed by atoms with Gasteiger partial charge < -0.3 is 24.8 Å². The topological polar surface area (TPSA) is 98.8 Å². The van der Waals surface area contributed by atoms with E-state index in [1.54, 1.807) is 50.6 Å². The van der Waals surface area contributed by atoms with Crippen molar-refractivity contribution in [1.29, 1.82) is 0 Å². The second-order valence-corrected chi connectivity index (χ2v) is 8.58. The average molecular weight is 484 g/mol. The van der Waals surface area contributed by atoms with E-state index >= 15 is 0 Å². The van der Waals surface area contributed by atoms with Gasteiger partial charge in [-0.25, -0.2) is 4.98 Å². The van der Waals surface area contributed by atoms with Gasteiger partial charge in [0.1, 0.15) is 23.3 Å². The molecule has 0 fully saturated rings. The Morgan fingerprint density at radius 3 is 2.50 bits per heavy atom. The summed E-state index contributed by atoms with van der Waals surface area (Å²) in [5.41, 5.74) is 1.77. The summed E-state index contributed by atoms with van der Waals surface area (Å²) in [6, 6.07) is 11.6. The van der Waals surface area contributed by atoms with Gasteiger partial charge in [-0.05, 0) is 43.2 Å². The van der Waals surface area contributed by atoms with E-state index in [1.807, 2.05) is 32.2 Å². The molecular weight excluding hydrogens is 454 g/mol. The molecule has 34 heavy (non-hydrogen) atoms. The highest BCUT2D eigenvalue weighted by atomic mass is 32.1. The van der Waals surface area contributed by atoms with Crippen LogP contribution in [0.25, 0.3) is 11.3 Å². The predicted molar refractivity (Wildman–Crippen MR) is 133 cm³/mol. The van der Waals surface area contributed by atoms with Crippen molar-refractivity contribution in [3.63, 3.8) is 0 Å². The SMILES string of the molecule is CCOc1ccccc1C(=O)N[C@H](C(=O)Nc1nc(-c2cc(OC)ccc2OC)cs1)C(C)C. The van der Waals surface area contributed by atoms with Gasteiger partial charge in [-0.2, -0.15) is 0 Å². The lowest BCUT2D eigenvalue weighted by Gasteiger charge is -2.21. The summed E-state index contributed by atoms with van der Waals surface area (Å²) in [6.45, 7) is 6.02. The number of ether oxygens (including phenoxy) is 3. The summed E-state index contributed by atoms with van der Waals surface area (Å²) in [5, 5.41) is 7.90. The lowest BCUT2D eigenvalue weighted by atomic mass is 10.0. The number of hydrogen-bond donors (Lipinski definition) is 2. The summed E-state index contributed by atoms with van der Waals surface area (Å²) in [7, 11) is 3.17. The molecule has 0 spiro atoms. The molecule has 0 aliphatic heterocycles. The Morgan fingerprint density at radius 1 is 1.06 bits per heavy atom. The zero-order valence-corrected chi connectivity index (χ0v) is 20.7. The third-order valence-corrected chi connectivity index (χ3v) is 5.84. The van der Waals surface area contributed by atoms with Crippen LogP contribution in [0.1, 0.15) is 31.1 Å². The molecule has 3 rings (SSSR count). The second-order valence-electron chi connectivity index (χ2n) is 7.72. The van der Waals surface area contributed by atoms with Crippen molar-refractivity contribution in [2.75, 3.05) is 26.1 Å². The Hall–Kier alpha value is -3.59. The lowest BCUT2D eigenvalue weighted by Crippen LogP contribution is -2.47. The molecule has 1 atom stereocenters. The van der Waals surface area contributed by atoms with E-state index in [0.717, 1.165) is 5.56 Å². The summed E-state index contributed by atoms with van der Waals surface area (Å²) in [5.74, 6) is 0.909. The van der Waals surface area contributed by atoms with Crippen molar-refractivity contribution in [3.05, 3.63) is 53.4 Å². The minimum atomic E-state index is -0.763. The molecule has 0 radical (unpaired) electrons. The number of nitrogens with zero attached hydrogens (tertiary/aromatic N) is 1. The second kappa shape index (κ2) is 11.5. The van der Waals surface area contributed by atoms with Crippen LogP contribution in [0.15, 0.2) is 47.8 Å². The first kappa shape index (κ1) is 25.0. The minimum Gasteiger partial charge on any atom is -0.497 e. The summed E-state index contributed by atoms with van der Waals surface area (Å²) in [4.78, 5) is 30.5. The molecule has 0 saturated carbocycles. The Bertz CT molecular complexity index is 1150. The maximum Gasteiger partial charge on any atom is 0.255 e. The van der Waals surface area contributed by atoms with E-state index in [4.69, 9.17) is 14.2 Å². The highest BCUT2D eigenvalue weighted by Crippen LogP contribution is 2.35. The van der Waals surface area contributed by atoms with E-state index in [2.05, 4.69) is 15.6 Å². The number of aromatic nitrogens is 1. The van der Waals surface area contributed by atoms with E-state index in [9.17, 15) is 9.59 Å². The molecule has 8 nitrogen and oxygen atoms in total. The molecule has 1 heterocycles. The third kappa shape index (κ3) is 5.85. The molecular formula is C25H29N3O5S. The third-order valence-electron chi connectivity index (χ3n) is 5.08. The normalized spacial score (nSPS) is 11.6. The number of nitrogens with one attached hydrogen (secondary N) is 2. The van der Waals surface area contributed by atoms with Crippen LogP contribution in [0.3, 0.4) is 0 Å². The summed E-state index contributed by atoms with van der Waals surface area (Å²) in [6.07, 6.45) is 0. The van der Waals surface area contributed by atoms with Gasteiger partial charge in [0.25, 0.3) is 5.91 Å². The molecule has 0 unspecified atom stereocenters. The maximum atomic E-state index is 13.1. The number of anilines is 1. The van der Waals surface area contributed by atoms with Crippen LogP contribution < -0.4 is 24.8 Å². The monoisotopic (exact) mass is 483 g/mol. The Morgan fingerprint density at radius 2 is 1.82 bits per heavy atom. The van der Waals surface area contributed by atoms with Crippen LogP contribution in [0.4, 0.5) is 5.13 Å². The zero-order valence-electron chi connectivity index (χ0n) is 19.9. The van der Waals surface area contributed by atoms with Crippen molar-refractivity contribution in [2.24, 2.45) is 5.92 Å². The Balaban J connectivity index is 1.77. The van der Waals surface area contributed by atoms with Crippen LogP contribution in [0, 0.1) is 5.92 Å². The number of thiazole rings is 1.